The maximum Gasteiger partial charge on any atom is 0.280 e. The predicted molar refractivity (Wildman–Crippen MR) is 128 cm³/mol. The lowest BCUT2D eigenvalue weighted by Crippen LogP contribution is -2.38. The Morgan fingerprint density at radius 3 is 2.30 bits per heavy atom. The number of aromatic amines is 1. The van der Waals surface area contributed by atoms with Gasteiger partial charge in [-0.25, -0.2) is 4.98 Å². The van der Waals surface area contributed by atoms with Gasteiger partial charge in [-0.2, -0.15) is 9.78 Å². The number of rotatable bonds is 4. The van der Waals surface area contributed by atoms with Crippen LogP contribution >= 0.6 is 23.2 Å². The Morgan fingerprint density at radius 1 is 1.03 bits per heavy atom. The third-order valence-electron chi connectivity index (χ3n) is 5.78. The molecule has 1 saturated heterocycles. The van der Waals surface area contributed by atoms with Crippen LogP contribution in [0.15, 0.2) is 59.5 Å². The lowest BCUT2D eigenvalue weighted by molar-refractivity contribution is 0.170. The molecule has 0 aliphatic carbocycles. The van der Waals surface area contributed by atoms with E-state index >= 15 is 0 Å². The predicted octanol–water partition coefficient (Wildman–Crippen LogP) is 4.92. The highest BCUT2D eigenvalue weighted by atomic mass is 35.5. The van der Waals surface area contributed by atoms with Gasteiger partial charge in [-0.3, -0.25) is 9.89 Å². The van der Waals surface area contributed by atoms with E-state index in [9.17, 15) is 10.1 Å². The molecule has 1 aliphatic rings. The van der Waals surface area contributed by atoms with Crippen LogP contribution in [0.3, 0.4) is 0 Å². The summed E-state index contributed by atoms with van der Waals surface area (Å²) >= 11 is 11.9. The molecular formula is C24H19Cl2N5O2. The molecule has 0 saturated carbocycles. The van der Waals surface area contributed by atoms with Crippen LogP contribution in [-0.4, -0.2) is 33.8 Å². The number of hydrogen-bond acceptors (Lipinski definition) is 5. The van der Waals surface area contributed by atoms with Crippen molar-refractivity contribution >= 4 is 34.7 Å². The van der Waals surface area contributed by atoms with Crippen LogP contribution < -0.4 is 15.2 Å². The van der Waals surface area contributed by atoms with E-state index in [0.717, 1.165) is 18.6 Å². The van der Waals surface area contributed by atoms with E-state index in [2.05, 4.69) is 21.1 Å². The van der Waals surface area contributed by atoms with Crippen molar-refractivity contribution in [2.75, 3.05) is 18.0 Å². The topological polar surface area (TPSA) is 86.4 Å². The maximum absolute atomic E-state index is 13.2. The second kappa shape index (κ2) is 8.81. The van der Waals surface area contributed by atoms with Crippen LogP contribution in [0.2, 0.25) is 10.0 Å². The van der Waals surface area contributed by atoms with Crippen molar-refractivity contribution in [1.29, 1.82) is 5.26 Å². The highest BCUT2D eigenvalue weighted by Crippen LogP contribution is 2.27. The molecule has 1 aliphatic heterocycles. The quantitative estimate of drug-likeness (QED) is 0.448. The zero-order chi connectivity index (χ0) is 22.9. The third-order valence-corrected chi connectivity index (χ3v) is 6.28. The molecule has 5 rings (SSSR count). The lowest BCUT2D eigenvalue weighted by Gasteiger charge is -2.32. The second-order valence-corrected chi connectivity index (χ2v) is 8.72. The van der Waals surface area contributed by atoms with Crippen LogP contribution in [0.4, 0.5) is 5.82 Å². The van der Waals surface area contributed by atoms with Crippen molar-refractivity contribution in [1.82, 2.24) is 14.6 Å². The van der Waals surface area contributed by atoms with Gasteiger partial charge < -0.3 is 9.64 Å². The van der Waals surface area contributed by atoms with Crippen molar-refractivity contribution in [2.45, 2.75) is 18.9 Å². The van der Waals surface area contributed by atoms with E-state index in [1.165, 1.54) is 10.7 Å². The van der Waals surface area contributed by atoms with Crippen LogP contribution in [0.1, 0.15) is 18.4 Å². The maximum atomic E-state index is 13.2. The summed E-state index contributed by atoms with van der Waals surface area (Å²) in [5, 5.41) is 14.2. The van der Waals surface area contributed by atoms with Gasteiger partial charge in [0.25, 0.3) is 5.56 Å². The Balaban J connectivity index is 1.40. The summed E-state index contributed by atoms with van der Waals surface area (Å²) in [5.74, 6) is 1.38. The van der Waals surface area contributed by atoms with Gasteiger partial charge in [0.05, 0.1) is 5.56 Å². The molecule has 0 amide bonds. The van der Waals surface area contributed by atoms with Crippen LogP contribution in [-0.2, 0) is 0 Å². The average molecular weight is 480 g/mol. The fourth-order valence-corrected chi connectivity index (χ4v) is 4.32. The first-order chi connectivity index (χ1) is 16.0. The number of nitriles is 1. The van der Waals surface area contributed by atoms with Gasteiger partial charge in [-0.1, -0.05) is 35.3 Å². The molecule has 2 aromatic carbocycles. The molecule has 4 aromatic rings. The summed E-state index contributed by atoms with van der Waals surface area (Å²) < 4.78 is 7.41. The minimum absolute atomic E-state index is 0.0645. The lowest BCUT2D eigenvalue weighted by atomic mass is 10.1. The second-order valence-electron chi connectivity index (χ2n) is 7.85. The summed E-state index contributed by atoms with van der Waals surface area (Å²) in [6.45, 7) is 1.36. The van der Waals surface area contributed by atoms with E-state index < -0.39 is 0 Å². The van der Waals surface area contributed by atoms with E-state index in [1.54, 1.807) is 36.4 Å². The molecule has 166 valence electrons. The van der Waals surface area contributed by atoms with Crippen molar-refractivity contribution in [3.8, 4) is 22.9 Å². The summed E-state index contributed by atoms with van der Waals surface area (Å²) in [5.41, 5.74) is 1.53. The molecular weight excluding hydrogens is 461 g/mol. The highest BCUT2D eigenvalue weighted by molar-refractivity contribution is 6.30. The first-order valence-corrected chi connectivity index (χ1v) is 11.3. The molecule has 0 bridgehead atoms. The largest absolute Gasteiger partial charge is 0.490 e. The van der Waals surface area contributed by atoms with Crippen molar-refractivity contribution in [2.24, 2.45) is 0 Å². The van der Waals surface area contributed by atoms with Crippen molar-refractivity contribution in [3.05, 3.63) is 80.7 Å². The first-order valence-electron chi connectivity index (χ1n) is 10.5. The fraction of sp³-hybridized carbons (Fsp3) is 0.208. The number of aromatic nitrogens is 3. The number of nitrogens with one attached hydrogen (secondary N) is 1. The fourth-order valence-electron chi connectivity index (χ4n) is 4.07. The Hall–Kier alpha value is -3.47. The van der Waals surface area contributed by atoms with E-state index in [-0.39, 0.29) is 11.7 Å². The molecule has 1 N–H and O–H groups in total. The van der Waals surface area contributed by atoms with Gasteiger partial charge in [0.2, 0.25) is 0 Å². The van der Waals surface area contributed by atoms with Gasteiger partial charge in [0.15, 0.2) is 5.65 Å². The Labute approximate surface area is 199 Å². The third kappa shape index (κ3) is 4.15. The Morgan fingerprint density at radius 2 is 1.67 bits per heavy atom. The van der Waals surface area contributed by atoms with Crippen LogP contribution in [0, 0.1) is 11.3 Å². The molecule has 0 unspecified atom stereocenters. The normalized spacial score (nSPS) is 14.4. The number of benzene rings is 2. The molecule has 7 nitrogen and oxygen atoms in total. The van der Waals surface area contributed by atoms with Crippen LogP contribution in [0.5, 0.6) is 5.75 Å². The summed E-state index contributed by atoms with van der Waals surface area (Å²) in [7, 11) is 0. The smallest absolute Gasteiger partial charge is 0.280 e. The average Bonchev–Trinajstić information content (AvgIpc) is 3.22. The van der Waals surface area contributed by atoms with Crippen molar-refractivity contribution in [3.63, 3.8) is 0 Å². The van der Waals surface area contributed by atoms with E-state index in [1.807, 2.05) is 12.1 Å². The number of piperidine rings is 1. The number of hydrogen-bond donors (Lipinski definition) is 1. The first kappa shape index (κ1) is 21.4. The molecule has 2 aromatic heterocycles. The zero-order valence-corrected chi connectivity index (χ0v) is 19.0. The van der Waals surface area contributed by atoms with Gasteiger partial charge in [-0.05, 0) is 42.0 Å². The minimum Gasteiger partial charge on any atom is -0.490 e. The highest BCUT2D eigenvalue weighted by Gasteiger charge is 2.26. The summed E-state index contributed by atoms with van der Waals surface area (Å²) in [6, 6.07) is 16.5. The molecule has 0 atom stereocenters. The number of nitrogens with zero attached hydrogens (tertiary/aromatic N) is 4. The van der Waals surface area contributed by atoms with Gasteiger partial charge in [-0.15, -0.1) is 0 Å². The molecule has 0 spiro atoms. The monoisotopic (exact) mass is 479 g/mol. The number of anilines is 1. The van der Waals surface area contributed by atoms with Gasteiger partial charge in [0.1, 0.15) is 29.3 Å². The molecule has 0 radical (unpaired) electrons. The Kier molecular flexibility index (Phi) is 5.71. The molecule has 9 heteroatoms. The minimum atomic E-state index is -0.272. The van der Waals surface area contributed by atoms with Gasteiger partial charge in [0, 0.05) is 42.2 Å². The summed E-state index contributed by atoms with van der Waals surface area (Å²) in [6.07, 6.45) is 3.13. The molecule has 3 heterocycles. The van der Waals surface area contributed by atoms with Gasteiger partial charge >= 0.3 is 0 Å². The van der Waals surface area contributed by atoms with Crippen molar-refractivity contribution < 1.29 is 4.74 Å². The van der Waals surface area contributed by atoms with E-state index in [0.29, 0.717) is 51.3 Å². The number of fused-ring (bicyclic) bond motifs is 1. The summed E-state index contributed by atoms with van der Waals surface area (Å²) in [4.78, 5) is 19.6. The Bertz CT molecular complexity index is 1400. The number of halogens is 2. The molecule has 1 fully saturated rings. The number of ether oxygens (including phenoxy) is 1. The zero-order valence-electron chi connectivity index (χ0n) is 17.5. The SMILES string of the molecule is N#Cc1c(N2CCC(Oc3ccc(Cl)cc3)CC2)[nH]n2c(=O)c(-c3ccc(Cl)cc3)cnc12. The van der Waals surface area contributed by atoms with Crippen LogP contribution in [0.25, 0.3) is 16.8 Å². The standard InChI is InChI=1S/C24H19Cl2N5O2/c25-16-3-1-15(2-4-16)21-14-28-22-20(13-27)23(29-31(22)24(21)32)30-11-9-19(10-12-30)33-18-7-5-17(26)6-8-18/h1-8,14,19,29H,9-12H2. The number of H-pyrrole nitrogens is 1. The van der Waals surface area contributed by atoms with E-state index in [4.69, 9.17) is 27.9 Å². The molecule has 33 heavy (non-hydrogen) atoms.